The zero-order valence-corrected chi connectivity index (χ0v) is 14.8. The normalized spacial score (nSPS) is 11.6. The molecule has 7 nitrogen and oxygen atoms in total. The molecule has 0 radical (unpaired) electrons. The minimum atomic E-state index is -0.333. The Bertz CT molecular complexity index is 709. The predicted octanol–water partition coefficient (Wildman–Crippen LogP) is 3.03. The van der Waals surface area contributed by atoms with E-state index in [1.807, 2.05) is 38.1 Å². The second-order valence-corrected chi connectivity index (χ2v) is 5.64. The van der Waals surface area contributed by atoms with Gasteiger partial charge in [-0.25, -0.2) is 9.78 Å². The standard InChI is InChI=1S/C18H24N4O3/c1-4-15(17-19-10-11-22(17)12-16(23)25-5-2)21-18(24)20-14-8-6-13(3)7-9-14/h6-11,15H,4-5,12H2,1-3H3,(H2,20,21,24). The van der Waals surface area contributed by atoms with E-state index in [2.05, 4.69) is 15.6 Å². The van der Waals surface area contributed by atoms with E-state index in [0.717, 1.165) is 5.56 Å². The summed E-state index contributed by atoms with van der Waals surface area (Å²) >= 11 is 0. The number of benzene rings is 1. The van der Waals surface area contributed by atoms with Crippen molar-refractivity contribution in [2.24, 2.45) is 0 Å². The van der Waals surface area contributed by atoms with Gasteiger partial charge in [-0.05, 0) is 32.4 Å². The van der Waals surface area contributed by atoms with Crippen LogP contribution in [0, 0.1) is 6.92 Å². The number of aromatic nitrogens is 2. The van der Waals surface area contributed by atoms with Gasteiger partial charge in [0, 0.05) is 18.1 Å². The van der Waals surface area contributed by atoms with Crippen molar-refractivity contribution >= 4 is 17.7 Å². The fourth-order valence-corrected chi connectivity index (χ4v) is 2.42. The molecule has 2 rings (SSSR count). The van der Waals surface area contributed by atoms with Crippen LogP contribution < -0.4 is 10.6 Å². The number of ether oxygens (including phenoxy) is 1. The van der Waals surface area contributed by atoms with Gasteiger partial charge in [-0.15, -0.1) is 0 Å². The van der Waals surface area contributed by atoms with Crippen molar-refractivity contribution < 1.29 is 14.3 Å². The lowest BCUT2D eigenvalue weighted by Crippen LogP contribution is -2.34. The van der Waals surface area contributed by atoms with Gasteiger partial charge in [-0.3, -0.25) is 4.79 Å². The van der Waals surface area contributed by atoms with Crippen LogP contribution in [0.25, 0.3) is 0 Å². The molecule has 2 amide bonds. The van der Waals surface area contributed by atoms with Crippen molar-refractivity contribution in [1.82, 2.24) is 14.9 Å². The maximum atomic E-state index is 12.2. The van der Waals surface area contributed by atoms with Crippen LogP contribution in [-0.4, -0.2) is 28.2 Å². The Labute approximate surface area is 147 Å². The molecule has 0 spiro atoms. The topological polar surface area (TPSA) is 85.2 Å². The molecule has 2 aromatic rings. The highest BCUT2D eigenvalue weighted by atomic mass is 16.5. The van der Waals surface area contributed by atoms with Gasteiger partial charge in [0.1, 0.15) is 12.4 Å². The smallest absolute Gasteiger partial charge is 0.325 e. The zero-order valence-electron chi connectivity index (χ0n) is 14.8. The summed E-state index contributed by atoms with van der Waals surface area (Å²) in [6.45, 7) is 6.09. The predicted molar refractivity (Wildman–Crippen MR) is 95.2 cm³/mol. The number of amides is 2. The van der Waals surface area contributed by atoms with Crippen LogP contribution in [0.15, 0.2) is 36.7 Å². The van der Waals surface area contributed by atoms with Gasteiger partial charge in [0.25, 0.3) is 0 Å². The van der Waals surface area contributed by atoms with Gasteiger partial charge in [0.05, 0.1) is 12.6 Å². The van der Waals surface area contributed by atoms with Crippen molar-refractivity contribution in [2.75, 3.05) is 11.9 Å². The third-order valence-corrected chi connectivity index (χ3v) is 3.69. The molecule has 0 saturated heterocycles. The number of nitrogens with one attached hydrogen (secondary N) is 2. The van der Waals surface area contributed by atoms with Crippen molar-refractivity contribution in [3.8, 4) is 0 Å². The van der Waals surface area contributed by atoms with Crippen molar-refractivity contribution in [3.05, 3.63) is 48.0 Å². The van der Waals surface area contributed by atoms with Crippen LogP contribution in [0.5, 0.6) is 0 Å². The van der Waals surface area contributed by atoms with Crippen molar-refractivity contribution in [1.29, 1.82) is 0 Å². The first-order valence-electron chi connectivity index (χ1n) is 8.34. The van der Waals surface area contributed by atoms with E-state index < -0.39 is 0 Å². The van der Waals surface area contributed by atoms with Crippen molar-refractivity contribution in [2.45, 2.75) is 39.8 Å². The largest absolute Gasteiger partial charge is 0.465 e. The second-order valence-electron chi connectivity index (χ2n) is 5.64. The van der Waals surface area contributed by atoms with Crippen LogP contribution in [0.3, 0.4) is 0 Å². The monoisotopic (exact) mass is 344 g/mol. The van der Waals surface area contributed by atoms with E-state index in [1.165, 1.54) is 0 Å². The van der Waals surface area contributed by atoms with E-state index >= 15 is 0 Å². The highest BCUT2D eigenvalue weighted by molar-refractivity contribution is 5.89. The zero-order chi connectivity index (χ0) is 18.2. The lowest BCUT2D eigenvalue weighted by atomic mass is 10.2. The van der Waals surface area contributed by atoms with Crippen LogP contribution in [-0.2, 0) is 16.1 Å². The third-order valence-electron chi connectivity index (χ3n) is 3.69. The fourth-order valence-electron chi connectivity index (χ4n) is 2.42. The van der Waals surface area contributed by atoms with E-state index in [9.17, 15) is 9.59 Å². The molecule has 134 valence electrons. The van der Waals surface area contributed by atoms with Crippen LogP contribution in [0.2, 0.25) is 0 Å². The molecule has 0 aliphatic rings. The first-order valence-corrected chi connectivity index (χ1v) is 8.34. The van der Waals surface area contributed by atoms with E-state index in [4.69, 9.17) is 4.74 Å². The summed E-state index contributed by atoms with van der Waals surface area (Å²) in [7, 11) is 0. The Balaban J connectivity index is 2.02. The minimum Gasteiger partial charge on any atom is -0.465 e. The molecule has 7 heteroatoms. The lowest BCUT2D eigenvalue weighted by molar-refractivity contribution is -0.143. The number of esters is 1. The number of anilines is 1. The molecule has 1 unspecified atom stereocenters. The number of hydrogen-bond acceptors (Lipinski definition) is 4. The van der Waals surface area contributed by atoms with Gasteiger partial charge >= 0.3 is 12.0 Å². The summed E-state index contributed by atoms with van der Waals surface area (Å²) in [6, 6.07) is 6.92. The van der Waals surface area contributed by atoms with Crippen molar-refractivity contribution in [3.63, 3.8) is 0 Å². The molecular weight excluding hydrogens is 320 g/mol. The summed E-state index contributed by atoms with van der Waals surface area (Å²) in [5.74, 6) is 0.287. The Morgan fingerprint density at radius 3 is 2.60 bits per heavy atom. The summed E-state index contributed by atoms with van der Waals surface area (Å²) in [5, 5.41) is 5.69. The van der Waals surface area contributed by atoms with Gasteiger partial charge in [-0.1, -0.05) is 24.6 Å². The molecule has 0 saturated carbocycles. The molecule has 0 aliphatic carbocycles. The Morgan fingerprint density at radius 2 is 1.96 bits per heavy atom. The van der Waals surface area contributed by atoms with Gasteiger partial charge in [0.2, 0.25) is 0 Å². The number of hydrogen-bond donors (Lipinski definition) is 2. The molecule has 1 heterocycles. The fraction of sp³-hybridized carbons (Fsp3) is 0.389. The summed E-state index contributed by atoms with van der Waals surface area (Å²) in [6.07, 6.45) is 3.95. The summed E-state index contributed by atoms with van der Waals surface area (Å²) < 4.78 is 6.66. The average molecular weight is 344 g/mol. The second kappa shape index (κ2) is 8.86. The quantitative estimate of drug-likeness (QED) is 0.756. The Kier molecular flexibility index (Phi) is 6.56. The maximum Gasteiger partial charge on any atom is 0.325 e. The first-order chi connectivity index (χ1) is 12.0. The van der Waals surface area contributed by atoms with Crippen LogP contribution >= 0.6 is 0 Å². The lowest BCUT2D eigenvalue weighted by Gasteiger charge is -2.18. The highest BCUT2D eigenvalue weighted by Crippen LogP contribution is 2.16. The summed E-state index contributed by atoms with van der Waals surface area (Å²) in [5.41, 5.74) is 1.84. The molecule has 1 aromatic carbocycles. The summed E-state index contributed by atoms with van der Waals surface area (Å²) in [4.78, 5) is 28.2. The van der Waals surface area contributed by atoms with E-state index in [0.29, 0.717) is 24.5 Å². The number of nitrogens with zero attached hydrogens (tertiary/aromatic N) is 2. The molecule has 0 bridgehead atoms. The van der Waals surface area contributed by atoms with Crippen LogP contribution in [0.4, 0.5) is 10.5 Å². The minimum absolute atomic E-state index is 0.0704. The number of aryl methyl sites for hydroxylation is 1. The number of urea groups is 1. The Morgan fingerprint density at radius 1 is 1.24 bits per heavy atom. The number of rotatable bonds is 7. The van der Waals surface area contributed by atoms with Gasteiger partial charge in [0.15, 0.2) is 0 Å². The first kappa shape index (κ1) is 18.5. The molecule has 1 atom stereocenters. The molecule has 0 fully saturated rings. The van der Waals surface area contributed by atoms with Gasteiger partial charge in [-0.2, -0.15) is 0 Å². The Hall–Kier alpha value is -2.83. The molecule has 2 N–H and O–H groups in total. The number of imidazole rings is 1. The highest BCUT2D eigenvalue weighted by Gasteiger charge is 2.19. The SMILES string of the molecule is CCOC(=O)Cn1ccnc1C(CC)NC(=O)Nc1ccc(C)cc1. The van der Waals surface area contributed by atoms with E-state index in [1.54, 1.807) is 23.9 Å². The van der Waals surface area contributed by atoms with E-state index in [-0.39, 0.29) is 24.6 Å². The maximum absolute atomic E-state index is 12.2. The molecule has 0 aliphatic heterocycles. The third kappa shape index (κ3) is 5.34. The molecule has 25 heavy (non-hydrogen) atoms. The van der Waals surface area contributed by atoms with Gasteiger partial charge < -0.3 is 19.9 Å². The average Bonchev–Trinajstić information content (AvgIpc) is 3.03. The number of carbonyl (C=O) groups excluding carboxylic acids is 2. The molecule has 1 aromatic heterocycles. The van der Waals surface area contributed by atoms with Crippen LogP contribution in [0.1, 0.15) is 37.7 Å². The molecular formula is C18H24N4O3. The number of carbonyl (C=O) groups is 2.